The minimum absolute atomic E-state index is 0.0178. The van der Waals surface area contributed by atoms with E-state index in [1.165, 1.54) is 0 Å². The van der Waals surface area contributed by atoms with Crippen LogP contribution in [-0.2, 0) is 4.79 Å². The fourth-order valence-electron chi connectivity index (χ4n) is 2.29. The molecular weight excluding hydrogens is 240 g/mol. The van der Waals surface area contributed by atoms with Crippen LogP contribution in [0.25, 0.3) is 0 Å². The maximum absolute atomic E-state index is 11.8. The summed E-state index contributed by atoms with van der Waals surface area (Å²) in [4.78, 5) is 11.8. The van der Waals surface area contributed by atoms with Crippen LogP contribution in [-0.4, -0.2) is 30.1 Å². The van der Waals surface area contributed by atoms with Gasteiger partial charge >= 0.3 is 0 Å². The summed E-state index contributed by atoms with van der Waals surface area (Å²) >= 11 is 0. The molecule has 1 aromatic rings. The summed E-state index contributed by atoms with van der Waals surface area (Å²) in [6, 6.07) is 9.53. The van der Waals surface area contributed by atoms with E-state index in [1.807, 2.05) is 37.3 Å². The van der Waals surface area contributed by atoms with Gasteiger partial charge in [0.05, 0.1) is 6.10 Å². The summed E-state index contributed by atoms with van der Waals surface area (Å²) in [7, 11) is 0. The Kier molecular flexibility index (Phi) is 4.93. The van der Waals surface area contributed by atoms with E-state index < -0.39 is 6.10 Å². The lowest BCUT2D eigenvalue weighted by atomic mass is 9.98. The van der Waals surface area contributed by atoms with Crippen LogP contribution >= 0.6 is 0 Å². The van der Waals surface area contributed by atoms with E-state index in [0.29, 0.717) is 18.8 Å². The number of aliphatic hydroxyl groups excluding tert-OH is 1. The summed E-state index contributed by atoms with van der Waals surface area (Å²) < 4.78 is 0. The molecule has 1 fully saturated rings. The van der Waals surface area contributed by atoms with Gasteiger partial charge in [-0.15, -0.1) is 0 Å². The third-order valence-electron chi connectivity index (χ3n) is 3.51. The van der Waals surface area contributed by atoms with Crippen molar-refractivity contribution in [2.75, 3.05) is 13.1 Å². The first kappa shape index (κ1) is 14.0. The molecule has 4 nitrogen and oxygen atoms in total. The van der Waals surface area contributed by atoms with Gasteiger partial charge in [-0.1, -0.05) is 30.3 Å². The smallest absolute Gasteiger partial charge is 0.220 e. The molecule has 0 spiro atoms. The standard InChI is InChI=1S/C15H22N2O2/c1-11(17-15(19)8-12-9-16-10-12)7-14(18)13-5-3-2-4-6-13/h2-6,11-12,14,16,18H,7-10H2,1H3,(H,17,19). The van der Waals surface area contributed by atoms with Gasteiger partial charge in [0.25, 0.3) is 0 Å². The molecule has 0 aliphatic carbocycles. The Morgan fingerprint density at radius 3 is 2.68 bits per heavy atom. The number of hydrogen-bond donors (Lipinski definition) is 3. The largest absolute Gasteiger partial charge is 0.388 e. The molecule has 0 aromatic heterocycles. The van der Waals surface area contributed by atoms with E-state index in [4.69, 9.17) is 0 Å². The van der Waals surface area contributed by atoms with Crippen molar-refractivity contribution >= 4 is 5.91 Å². The van der Waals surface area contributed by atoms with Crippen LogP contribution < -0.4 is 10.6 Å². The molecule has 2 unspecified atom stereocenters. The van der Waals surface area contributed by atoms with Crippen molar-refractivity contribution in [3.8, 4) is 0 Å². The van der Waals surface area contributed by atoms with Gasteiger partial charge in [-0.25, -0.2) is 0 Å². The predicted octanol–water partition coefficient (Wildman–Crippen LogP) is 1.22. The Morgan fingerprint density at radius 1 is 1.42 bits per heavy atom. The van der Waals surface area contributed by atoms with Crippen molar-refractivity contribution in [1.82, 2.24) is 10.6 Å². The lowest BCUT2D eigenvalue weighted by Crippen LogP contribution is -2.45. The average Bonchev–Trinajstić information content (AvgIpc) is 2.35. The van der Waals surface area contributed by atoms with E-state index in [9.17, 15) is 9.90 Å². The highest BCUT2D eigenvalue weighted by Crippen LogP contribution is 2.18. The van der Waals surface area contributed by atoms with Crippen molar-refractivity contribution < 1.29 is 9.90 Å². The monoisotopic (exact) mass is 262 g/mol. The van der Waals surface area contributed by atoms with Gasteiger partial charge in [-0.2, -0.15) is 0 Å². The molecule has 19 heavy (non-hydrogen) atoms. The number of carbonyl (C=O) groups is 1. The number of aliphatic hydroxyl groups is 1. The van der Waals surface area contributed by atoms with Crippen LogP contribution in [0.3, 0.4) is 0 Å². The molecule has 0 radical (unpaired) electrons. The average molecular weight is 262 g/mol. The maximum atomic E-state index is 11.8. The Labute approximate surface area is 114 Å². The number of nitrogens with one attached hydrogen (secondary N) is 2. The molecule has 1 amide bonds. The van der Waals surface area contributed by atoms with Crippen molar-refractivity contribution in [3.05, 3.63) is 35.9 Å². The molecular formula is C15H22N2O2. The lowest BCUT2D eigenvalue weighted by Gasteiger charge is -2.27. The van der Waals surface area contributed by atoms with E-state index in [1.54, 1.807) is 0 Å². The predicted molar refractivity (Wildman–Crippen MR) is 74.6 cm³/mol. The van der Waals surface area contributed by atoms with E-state index in [0.717, 1.165) is 18.7 Å². The van der Waals surface area contributed by atoms with Crippen LogP contribution in [0.4, 0.5) is 0 Å². The molecule has 4 heteroatoms. The van der Waals surface area contributed by atoms with Gasteiger partial charge in [0.2, 0.25) is 5.91 Å². The molecule has 1 aromatic carbocycles. The zero-order chi connectivity index (χ0) is 13.7. The Hall–Kier alpha value is -1.39. The SMILES string of the molecule is CC(CC(O)c1ccccc1)NC(=O)CC1CNC1. The minimum Gasteiger partial charge on any atom is -0.388 e. The molecule has 104 valence electrons. The van der Waals surface area contributed by atoms with Crippen molar-refractivity contribution in [1.29, 1.82) is 0 Å². The normalized spacial score (nSPS) is 18.4. The zero-order valence-electron chi connectivity index (χ0n) is 11.3. The molecule has 1 aliphatic heterocycles. The van der Waals surface area contributed by atoms with Crippen molar-refractivity contribution in [2.24, 2.45) is 5.92 Å². The maximum Gasteiger partial charge on any atom is 0.220 e. The molecule has 1 saturated heterocycles. The Balaban J connectivity index is 1.74. The highest BCUT2D eigenvalue weighted by atomic mass is 16.3. The van der Waals surface area contributed by atoms with E-state index >= 15 is 0 Å². The third kappa shape index (κ3) is 4.33. The van der Waals surface area contributed by atoms with Gasteiger partial charge in [0, 0.05) is 12.5 Å². The first-order chi connectivity index (χ1) is 9.15. The molecule has 0 saturated carbocycles. The minimum atomic E-state index is -0.526. The number of amides is 1. The second kappa shape index (κ2) is 6.68. The number of rotatable bonds is 6. The molecule has 0 bridgehead atoms. The van der Waals surface area contributed by atoms with E-state index in [-0.39, 0.29) is 11.9 Å². The van der Waals surface area contributed by atoms with Gasteiger partial charge in [0.1, 0.15) is 0 Å². The van der Waals surface area contributed by atoms with Crippen LogP contribution in [0.1, 0.15) is 31.4 Å². The van der Waals surface area contributed by atoms with Crippen LogP contribution in [0, 0.1) is 5.92 Å². The van der Waals surface area contributed by atoms with Crippen molar-refractivity contribution in [3.63, 3.8) is 0 Å². The summed E-state index contributed by atoms with van der Waals surface area (Å²) in [5, 5.41) is 16.2. The third-order valence-corrected chi connectivity index (χ3v) is 3.51. The molecule has 1 aliphatic rings. The number of hydrogen-bond acceptors (Lipinski definition) is 3. The molecule has 2 atom stereocenters. The van der Waals surface area contributed by atoms with Crippen LogP contribution in [0.2, 0.25) is 0 Å². The van der Waals surface area contributed by atoms with Crippen LogP contribution in [0.5, 0.6) is 0 Å². The summed E-state index contributed by atoms with van der Waals surface area (Å²) in [6.45, 7) is 3.81. The van der Waals surface area contributed by atoms with Gasteiger partial charge in [-0.3, -0.25) is 4.79 Å². The second-order valence-electron chi connectivity index (χ2n) is 5.36. The number of carbonyl (C=O) groups excluding carboxylic acids is 1. The summed E-state index contributed by atoms with van der Waals surface area (Å²) in [5.74, 6) is 0.561. The Morgan fingerprint density at radius 2 is 2.11 bits per heavy atom. The van der Waals surface area contributed by atoms with Gasteiger partial charge < -0.3 is 15.7 Å². The zero-order valence-corrected chi connectivity index (χ0v) is 11.3. The fourth-order valence-corrected chi connectivity index (χ4v) is 2.29. The highest BCUT2D eigenvalue weighted by Gasteiger charge is 2.21. The van der Waals surface area contributed by atoms with E-state index in [2.05, 4.69) is 10.6 Å². The molecule has 1 heterocycles. The summed E-state index contributed by atoms with van der Waals surface area (Å²) in [6.07, 6.45) is 0.596. The van der Waals surface area contributed by atoms with Crippen molar-refractivity contribution in [2.45, 2.75) is 31.9 Å². The topological polar surface area (TPSA) is 61.4 Å². The first-order valence-corrected chi connectivity index (χ1v) is 6.88. The first-order valence-electron chi connectivity index (χ1n) is 6.88. The molecule has 2 rings (SSSR count). The molecule has 3 N–H and O–H groups in total. The lowest BCUT2D eigenvalue weighted by molar-refractivity contribution is -0.123. The van der Waals surface area contributed by atoms with Gasteiger partial charge in [-0.05, 0) is 37.9 Å². The second-order valence-corrected chi connectivity index (χ2v) is 5.36. The Bertz CT molecular complexity index is 404. The quantitative estimate of drug-likeness (QED) is 0.722. The van der Waals surface area contributed by atoms with Gasteiger partial charge in [0.15, 0.2) is 0 Å². The summed E-state index contributed by atoms with van der Waals surface area (Å²) in [5.41, 5.74) is 0.895. The fraction of sp³-hybridized carbons (Fsp3) is 0.533. The van der Waals surface area contributed by atoms with Crippen LogP contribution in [0.15, 0.2) is 30.3 Å². The number of benzene rings is 1. The highest BCUT2D eigenvalue weighted by molar-refractivity contribution is 5.76.